The zero-order chi connectivity index (χ0) is 49.5. The van der Waals surface area contributed by atoms with Crippen molar-refractivity contribution in [1.82, 2.24) is 24.5 Å². The zero-order valence-corrected chi connectivity index (χ0v) is 43.0. The first-order valence-electron chi connectivity index (χ1n) is 25.8. The molecule has 0 amide bonds. The van der Waals surface area contributed by atoms with Gasteiger partial charge in [0.05, 0.1) is 13.2 Å². The Morgan fingerprint density at radius 3 is 1.14 bits per heavy atom. The normalized spacial score (nSPS) is 15.2. The Morgan fingerprint density at radius 2 is 0.783 bits per heavy atom. The molecule has 3 fully saturated rings. The molecular weight excluding hydrogens is 853 g/mol. The highest BCUT2D eigenvalue weighted by molar-refractivity contribution is 5.42. The number of anilines is 5. The lowest BCUT2D eigenvalue weighted by atomic mass is 10.1. The van der Waals surface area contributed by atoms with Crippen LogP contribution in [0.15, 0.2) is 121 Å². The van der Waals surface area contributed by atoms with Gasteiger partial charge in [-0.05, 0) is 193 Å². The fourth-order valence-corrected chi connectivity index (χ4v) is 8.50. The van der Waals surface area contributed by atoms with Crippen LogP contribution < -0.4 is 28.7 Å². The lowest BCUT2D eigenvalue weighted by Crippen LogP contribution is -2.37. The summed E-state index contributed by atoms with van der Waals surface area (Å²) >= 11 is 0. The van der Waals surface area contributed by atoms with Crippen molar-refractivity contribution in [1.29, 1.82) is 0 Å². The molecular formula is C58H90N10O. The predicted octanol–water partition coefficient (Wildman–Crippen LogP) is 8.83. The number of hydrogen-bond donors (Lipinski definition) is 5. The first-order chi connectivity index (χ1) is 33.5. The van der Waals surface area contributed by atoms with E-state index in [-0.39, 0.29) is 0 Å². The molecule has 0 aliphatic carbocycles. The number of ether oxygens (including phenoxy) is 1. The quantitative estimate of drug-likeness (QED) is 0.0603. The molecule has 8 rings (SSSR count). The molecule has 0 radical (unpaired) electrons. The topological polar surface area (TPSA) is 156 Å². The maximum Gasteiger partial charge on any atom is 0.0594 e. The number of likely N-dealkylation sites (tertiary alicyclic amines) is 2. The largest absolute Gasteiger partial charge is 0.399 e. The van der Waals surface area contributed by atoms with Gasteiger partial charge in [0.2, 0.25) is 0 Å². The molecule has 5 aromatic carbocycles. The Labute approximate surface area is 417 Å². The highest BCUT2D eigenvalue weighted by Crippen LogP contribution is 2.14. The minimum Gasteiger partial charge on any atom is -0.399 e. The number of nitrogen functional groups attached to an aromatic ring is 5. The van der Waals surface area contributed by atoms with Crippen LogP contribution in [0.25, 0.3) is 0 Å². The molecule has 0 saturated carbocycles. The van der Waals surface area contributed by atoms with E-state index < -0.39 is 0 Å². The molecule has 5 aromatic rings. The minimum absolute atomic E-state index is 0.837. The molecule has 0 spiro atoms. The van der Waals surface area contributed by atoms with Gasteiger partial charge in [0.15, 0.2) is 0 Å². The van der Waals surface area contributed by atoms with Crippen LogP contribution in [-0.2, 0) is 37.0 Å². The lowest BCUT2D eigenvalue weighted by Gasteiger charge is -2.26. The van der Waals surface area contributed by atoms with Crippen molar-refractivity contribution in [3.8, 4) is 0 Å². The molecule has 3 aliphatic heterocycles. The SMILES string of the molecule is CCN(CC)CCc1ccc(N)cc1.CN(C)Cc1cccc(N)c1.Nc1ccc(CCN2CCCC2)cc1.Nc1ccc(CCN2CCCCC2)cc1.Nc1ccc(CCN2CCOCC2)cc1. The average molecular weight is 943 g/mol. The fraction of sp³-hybridized carbons (Fsp3) is 0.483. The summed E-state index contributed by atoms with van der Waals surface area (Å²) in [5.74, 6) is 0. The number of hydrogen-bond acceptors (Lipinski definition) is 11. The summed E-state index contributed by atoms with van der Waals surface area (Å²) in [6.45, 7) is 21.3. The maximum atomic E-state index is 5.66. The van der Waals surface area contributed by atoms with E-state index in [4.69, 9.17) is 33.4 Å². The third-order valence-electron chi connectivity index (χ3n) is 12.9. The molecule has 69 heavy (non-hydrogen) atoms. The molecule has 0 unspecified atom stereocenters. The van der Waals surface area contributed by atoms with E-state index in [1.54, 1.807) is 0 Å². The van der Waals surface area contributed by atoms with Gasteiger partial charge in [-0.1, -0.05) is 80.9 Å². The number of nitrogens with two attached hydrogens (primary N) is 5. The second-order valence-corrected chi connectivity index (χ2v) is 18.9. The van der Waals surface area contributed by atoms with Gasteiger partial charge >= 0.3 is 0 Å². The molecule has 3 saturated heterocycles. The molecule has 0 atom stereocenters. The summed E-state index contributed by atoms with van der Waals surface area (Å²) in [6, 6.07) is 40.8. The van der Waals surface area contributed by atoms with E-state index in [9.17, 15) is 0 Å². The van der Waals surface area contributed by atoms with Gasteiger partial charge < -0.3 is 53.0 Å². The van der Waals surface area contributed by atoms with Crippen molar-refractivity contribution in [3.05, 3.63) is 149 Å². The van der Waals surface area contributed by atoms with E-state index in [0.29, 0.717) is 0 Å². The van der Waals surface area contributed by atoms with E-state index in [2.05, 4.69) is 92.9 Å². The summed E-state index contributed by atoms with van der Waals surface area (Å²) < 4.78 is 5.31. The van der Waals surface area contributed by atoms with Gasteiger partial charge in [-0.3, -0.25) is 4.90 Å². The monoisotopic (exact) mass is 943 g/mol. The van der Waals surface area contributed by atoms with E-state index in [1.807, 2.05) is 80.8 Å². The average Bonchev–Trinajstić information content (AvgIpc) is 3.90. The van der Waals surface area contributed by atoms with Gasteiger partial charge in [-0.2, -0.15) is 0 Å². The molecule has 378 valence electrons. The van der Waals surface area contributed by atoms with Gasteiger partial charge in [0.1, 0.15) is 0 Å². The van der Waals surface area contributed by atoms with E-state index in [0.717, 1.165) is 113 Å². The van der Waals surface area contributed by atoms with Crippen molar-refractivity contribution >= 4 is 28.4 Å². The van der Waals surface area contributed by atoms with Gasteiger partial charge in [-0.25, -0.2) is 0 Å². The summed E-state index contributed by atoms with van der Waals surface area (Å²) in [5.41, 5.74) is 39.2. The smallest absolute Gasteiger partial charge is 0.0594 e. The number of morpholine rings is 1. The molecule has 11 heteroatoms. The van der Waals surface area contributed by atoms with Crippen LogP contribution in [0.2, 0.25) is 0 Å². The second-order valence-electron chi connectivity index (χ2n) is 18.9. The number of likely N-dealkylation sites (N-methyl/N-ethyl adjacent to an activating group) is 1. The minimum atomic E-state index is 0.837. The third kappa shape index (κ3) is 25.3. The summed E-state index contributed by atoms with van der Waals surface area (Å²) in [6.07, 6.45) is 11.4. The second kappa shape index (κ2) is 33.4. The number of piperidine rings is 1. The summed E-state index contributed by atoms with van der Waals surface area (Å²) in [7, 11) is 4.09. The van der Waals surface area contributed by atoms with Gasteiger partial charge in [0, 0.05) is 74.3 Å². The first-order valence-corrected chi connectivity index (χ1v) is 25.8. The highest BCUT2D eigenvalue weighted by Gasteiger charge is 2.12. The van der Waals surface area contributed by atoms with Crippen LogP contribution in [-0.4, -0.2) is 130 Å². The van der Waals surface area contributed by atoms with E-state index in [1.165, 1.54) is 99.2 Å². The molecule has 0 bridgehead atoms. The maximum absolute atomic E-state index is 5.66. The van der Waals surface area contributed by atoms with Crippen LogP contribution in [0.5, 0.6) is 0 Å². The summed E-state index contributed by atoms with van der Waals surface area (Å²) in [4.78, 5) is 12.1. The number of benzene rings is 5. The first kappa shape index (κ1) is 56.4. The Kier molecular flexibility index (Phi) is 27.3. The Morgan fingerprint density at radius 1 is 0.420 bits per heavy atom. The Hall–Kier alpha value is -5.14. The molecule has 10 N–H and O–H groups in total. The van der Waals surface area contributed by atoms with Crippen LogP contribution in [0.3, 0.4) is 0 Å². The van der Waals surface area contributed by atoms with Crippen LogP contribution >= 0.6 is 0 Å². The molecule has 11 nitrogen and oxygen atoms in total. The van der Waals surface area contributed by atoms with Crippen molar-refractivity contribution < 1.29 is 4.74 Å². The Balaban J connectivity index is 0.000000189. The Bertz CT molecular complexity index is 1910. The summed E-state index contributed by atoms with van der Waals surface area (Å²) in [5, 5.41) is 0. The number of nitrogens with zero attached hydrogens (tertiary/aromatic N) is 5. The van der Waals surface area contributed by atoms with Crippen molar-refractivity contribution in [2.75, 3.05) is 135 Å². The zero-order valence-electron chi connectivity index (χ0n) is 43.0. The standard InChI is InChI=1S/C13H20N2.C12H18N2O.C12H18N2.C12H20N2.C9H14N2/c14-13-6-4-12(5-7-13)8-11-15-9-2-1-3-10-15;13-12-3-1-11(2-4-12)5-6-14-7-9-15-10-8-14;13-12-5-3-11(4-6-12)7-10-14-8-1-2-9-14;1-3-14(4-2)10-9-11-5-7-12(13)8-6-11;1-11(2)7-8-4-3-5-9(10)6-8/h4-7H,1-3,8-11,14H2;1-4H,5-10,13H2;3-6H,1-2,7-10,13H2;5-8H,3-4,9-10,13H2,1-2H3;3-6H,7,10H2,1-2H3. The lowest BCUT2D eigenvalue weighted by molar-refractivity contribution is 0.0384. The molecule has 0 aromatic heterocycles. The third-order valence-corrected chi connectivity index (χ3v) is 12.9. The fourth-order valence-electron chi connectivity index (χ4n) is 8.50. The van der Waals surface area contributed by atoms with Crippen molar-refractivity contribution in [2.45, 2.75) is 78.2 Å². The van der Waals surface area contributed by atoms with Crippen LogP contribution in [0, 0.1) is 0 Å². The van der Waals surface area contributed by atoms with Gasteiger partial charge in [0.25, 0.3) is 0 Å². The van der Waals surface area contributed by atoms with Crippen molar-refractivity contribution in [2.24, 2.45) is 0 Å². The predicted molar refractivity (Wildman–Crippen MR) is 297 cm³/mol. The van der Waals surface area contributed by atoms with Crippen LogP contribution in [0.1, 0.15) is 73.8 Å². The van der Waals surface area contributed by atoms with Crippen LogP contribution in [0.4, 0.5) is 28.4 Å². The van der Waals surface area contributed by atoms with Crippen molar-refractivity contribution in [3.63, 3.8) is 0 Å². The highest BCUT2D eigenvalue weighted by atomic mass is 16.5. The molecule has 3 aliphatic rings. The van der Waals surface area contributed by atoms with Gasteiger partial charge in [-0.15, -0.1) is 0 Å². The van der Waals surface area contributed by atoms with E-state index >= 15 is 0 Å². The molecule has 3 heterocycles. The number of rotatable bonds is 16.